The van der Waals surface area contributed by atoms with E-state index in [4.69, 9.17) is 9.47 Å². The van der Waals surface area contributed by atoms with E-state index in [1.807, 2.05) is 6.92 Å². The Morgan fingerprint density at radius 2 is 1.57 bits per heavy atom. The van der Waals surface area contributed by atoms with Gasteiger partial charge in [0.05, 0.1) is 0 Å². The molecule has 0 N–H and O–H groups in total. The standard InChI is InChI=1S/C19H34O2/c1-2-3-4-5-6-7-8-9-10-11-12-14-17-20-19-16-13-15-18-21-19/h19H,4-18H2,1H3. The van der Waals surface area contributed by atoms with Crippen molar-refractivity contribution in [3.8, 4) is 11.8 Å². The molecule has 1 fully saturated rings. The summed E-state index contributed by atoms with van der Waals surface area (Å²) in [6, 6.07) is 0. The summed E-state index contributed by atoms with van der Waals surface area (Å²) in [6.45, 7) is 3.69. The number of rotatable bonds is 12. The van der Waals surface area contributed by atoms with Gasteiger partial charge in [-0.15, -0.1) is 11.8 Å². The summed E-state index contributed by atoms with van der Waals surface area (Å²) in [7, 11) is 0. The monoisotopic (exact) mass is 294 g/mol. The highest BCUT2D eigenvalue weighted by Crippen LogP contribution is 2.15. The Labute approximate surface area is 132 Å². The minimum atomic E-state index is 0.0937. The molecule has 0 radical (unpaired) electrons. The molecule has 2 heteroatoms. The van der Waals surface area contributed by atoms with E-state index >= 15 is 0 Å². The Balaban J connectivity index is 1.71. The van der Waals surface area contributed by atoms with Gasteiger partial charge >= 0.3 is 0 Å². The average Bonchev–Trinajstić information content (AvgIpc) is 2.53. The van der Waals surface area contributed by atoms with Crippen molar-refractivity contribution in [3.63, 3.8) is 0 Å². The van der Waals surface area contributed by atoms with Crippen LogP contribution < -0.4 is 0 Å². The molecule has 1 unspecified atom stereocenters. The van der Waals surface area contributed by atoms with Crippen LogP contribution in [-0.4, -0.2) is 19.5 Å². The van der Waals surface area contributed by atoms with Gasteiger partial charge in [0, 0.05) is 19.6 Å². The number of unbranched alkanes of at least 4 members (excludes halogenated alkanes) is 9. The first-order valence-corrected chi connectivity index (χ1v) is 9.06. The van der Waals surface area contributed by atoms with E-state index in [2.05, 4.69) is 11.8 Å². The molecular weight excluding hydrogens is 260 g/mol. The predicted octanol–water partition coefficient (Wildman–Crippen LogP) is 5.45. The molecule has 0 saturated carbocycles. The van der Waals surface area contributed by atoms with Gasteiger partial charge in [0.1, 0.15) is 0 Å². The van der Waals surface area contributed by atoms with Crippen LogP contribution in [0.4, 0.5) is 0 Å². The molecule has 0 spiro atoms. The van der Waals surface area contributed by atoms with E-state index in [0.717, 1.165) is 26.1 Å². The Kier molecular flexibility index (Phi) is 12.7. The first kappa shape index (κ1) is 18.5. The van der Waals surface area contributed by atoms with Crippen molar-refractivity contribution in [2.75, 3.05) is 13.2 Å². The summed E-state index contributed by atoms with van der Waals surface area (Å²) in [6.07, 6.45) is 16.8. The average molecular weight is 294 g/mol. The first-order chi connectivity index (χ1) is 10.4. The number of ether oxygens (including phenoxy) is 2. The topological polar surface area (TPSA) is 18.5 Å². The molecular formula is C19H34O2. The fraction of sp³-hybridized carbons (Fsp3) is 0.895. The summed E-state index contributed by atoms with van der Waals surface area (Å²) in [4.78, 5) is 0. The van der Waals surface area contributed by atoms with Gasteiger partial charge in [0.2, 0.25) is 0 Å². The fourth-order valence-electron chi connectivity index (χ4n) is 2.74. The Hall–Kier alpha value is -0.520. The van der Waals surface area contributed by atoms with Gasteiger partial charge in [-0.05, 0) is 39.0 Å². The summed E-state index contributed by atoms with van der Waals surface area (Å²) >= 11 is 0. The third-order valence-electron chi connectivity index (χ3n) is 4.06. The van der Waals surface area contributed by atoms with E-state index in [0.29, 0.717) is 0 Å². The maximum atomic E-state index is 5.74. The lowest BCUT2D eigenvalue weighted by Gasteiger charge is -2.22. The molecule has 0 aliphatic carbocycles. The molecule has 1 saturated heterocycles. The Morgan fingerprint density at radius 3 is 2.19 bits per heavy atom. The lowest BCUT2D eigenvalue weighted by molar-refractivity contribution is -0.162. The van der Waals surface area contributed by atoms with Crippen LogP contribution in [0.2, 0.25) is 0 Å². The molecule has 1 heterocycles. The highest BCUT2D eigenvalue weighted by Gasteiger charge is 2.13. The predicted molar refractivity (Wildman–Crippen MR) is 89.2 cm³/mol. The molecule has 122 valence electrons. The highest BCUT2D eigenvalue weighted by atomic mass is 16.7. The van der Waals surface area contributed by atoms with Gasteiger partial charge in [-0.2, -0.15) is 0 Å². The molecule has 0 aromatic rings. The van der Waals surface area contributed by atoms with Crippen LogP contribution in [0.15, 0.2) is 0 Å². The van der Waals surface area contributed by atoms with Crippen LogP contribution >= 0.6 is 0 Å². The molecule has 1 atom stereocenters. The van der Waals surface area contributed by atoms with Gasteiger partial charge < -0.3 is 9.47 Å². The van der Waals surface area contributed by atoms with Crippen LogP contribution in [0.1, 0.15) is 90.4 Å². The molecule has 0 amide bonds. The SMILES string of the molecule is CC#CCCCCCCCCCCCOC1CCCCO1. The molecule has 2 nitrogen and oxygen atoms in total. The Bertz CT molecular complexity index is 271. The minimum absolute atomic E-state index is 0.0937. The van der Waals surface area contributed by atoms with E-state index < -0.39 is 0 Å². The van der Waals surface area contributed by atoms with Gasteiger partial charge in [0.25, 0.3) is 0 Å². The van der Waals surface area contributed by atoms with Crippen LogP contribution in [0, 0.1) is 11.8 Å². The molecule has 1 aliphatic heterocycles. The van der Waals surface area contributed by atoms with Crippen molar-refractivity contribution in [1.29, 1.82) is 0 Å². The number of hydrogen-bond donors (Lipinski definition) is 0. The molecule has 1 rings (SSSR count). The molecule has 21 heavy (non-hydrogen) atoms. The van der Waals surface area contributed by atoms with Gasteiger partial charge in [-0.25, -0.2) is 0 Å². The van der Waals surface area contributed by atoms with Gasteiger partial charge in [0.15, 0.2) is 6.29 Å². The van der Waals surface area contributed by atoms with Crippen molar-refractivity contribution in [2.45, 2.75) is 96.7 Å². The van der Waals surface area contributed by atoms with E-state index in [1.54, 1.807) is 0 Å². The minimum Gasteiger partial charge on any atom is -0.353 e. The molecule has 0 bridgehead atoms. The zero-order valence-electron chi connectivity index (χ0n) is 14.0. The van der Waals surface area contributed by atoms with Crippen LogP contribution in [0.3, 0.4) is 0 Å². The van der Waals surface area contributed by atoms with Gasteiger partial charge in [-0.3, -0.25) is 0 Å². The van der Waals surface area contributed by atoms with Crippen LogP contribution in [0.25, 0.3) is 0 Å². The zero-order valence-corrected chi connectivity index (χ0v) is 14.0. The van der Waals surface area contributed by atoms with Crippen molar-refractivity contribution >= 4 is 0 Å². The maximum Gasteiger partial charge on any atom is 0.157 e. The van der Waals surface area contributed by atoms with Crippen LogP contribution in [0.5, 0.6) is 0 Å². The summed E-state index contributed by atoms with van der Waals surface area (Å²) in [5.74, 6) is 6.09. The van der Waals surface area contributed by atoms with E-state index in [1.165, 1.54) is 70.6 Å². The van der Waals surface area contributed by atoms with Crippen LogP contribution in [-0.2, 0) is 9.47 Å². The second-order valence-electron chi connectivity index (χ2n) is 6.03. The van der Waals surface area contributed by atoms with Crippen molar-refractivity contribution in [1.82, 2.24) is 0 Å². The second kappa shape index (κ2) is 14.4. The summed E-state index contributed by atoms with van der Waals surface area (Å²) in [5.41, 5.74) is 0. The van der Waals surface area contributed by atoms with Crippen molar-refractivity contribution < 1.29 is 9.47 Å². The lowest BCUT2D eigenvalue weighted by atomic mass is 10.1. The molecule has 1 aliphatic rings. The van der Waals surface area contributed by atoms with E-state index in [9.17, 15) is 0 Å². The Morgan fingerprint density at radius 1 is 0.905 bits per heavy atom. The zero-order chi connectivity index (χ0) is 15.0. The summed E-state index contributed by atoms with van der Waals surface area (Å²) in [5, 5.41) is 0. The lowest BCUT2D eigenvalue weighted by Crippen LogP contribution is -2.22. The first-order valence-electron chi connectivity index (χ1n) is 9.06. The third kappa shape index (κ3) is 11.8. The molecule has 0 aromatic heterocycles. The highest BCUT2D eigenvalue weighted by molar-refractivity contribution is 4.94. The molecule has 0 aromatic carbocycles. The largest absolute Gasteiger partial charge is 0.353 e. The van der Waals surface area contributed by atoms with Crippen molar-refractivity contribution in [2.24, 2.45) is 0 Å². The second-order valence-corrected chi connectivity index (χ2v) is 6.03. The number of hydrogen-bond acceptors (Lipinski definition) is 2. The van der Waals surface area contributed by atoms with Gasteiger partial charge in [-0.1, -0.05) is 44.9 Å². The van der Waals surface area contributed by atoms with Crippen molar-refractivity contribution in [3.05, 3.63) is 0 Å². The third-order valence-corrected chi connectivity index (χ3v) is 4.06. The van der Waals surface area contributed by atoms with E-state index in [-0.39, 0.29) is 6.29 Å². The smallest absolute Gasteiger partial charge is 0.157 e. The summed E-state index contributed by atoms with van der Waals surface area (Å²) < 4.78 is 11.3. The normalized spacial score (nSPS) is 18.2. The quantitative estimate of drug-likeness (QED) is 0.352. The fourth-order valence-corrected chi connectivity index (χ4v) is 2.74. The maximum absolute atomic E-state index is 5.74.